The van der Waals surface area contributed by atoms with Gasteiger partial charge in [-0.2, -0.15) is 0 Å². The van der Waals surface area contributed by atoms with Gasteiger partial charge in [-0.25, -0.2) is 0 Å². The molecule has 0 aliphatic rings. The summed E-state index contributed by atoms with van der Waals surface area (Å²) in [6, 6.07) is 1.49. The van der Waals surface area contributed by atoms with Crippen LogP contribution in [0.4, 0.5) is 0 Å². The molecule has 3 N–H and O–H groups in total. The molecule has 1 aromatic carbocycles. The zero-order valence-corrected chi connectivity index (χ0v) is 11.3. The van der Waals surface area contributed by atoms with Gasteiger partial charge in [0.2, 0.25) is 0 Å². The standard InChI is InChI=1S/C10H11Cl4NO/c11-7-2-8(12)10(14)6(9(7)13)1-5(3-15)4-16/h2,5,16H,1,3-4,15H2. The highest BCUT2D eigenvalue weighted by Crippen LogP contribution is 2.38. The number of halogens is 4. The van der Waals surface area contributed by atoms with E-state index in [2.05, 4.69) is 0 Å². The molecule has 0 saturated heterocycles. The first-order valence-corrected chi connectivity index (χ1v) is 6.15. The smallest absolute Gasteiger partial charge is 0.0640 e. The highest BCUT2D eigenvalue weighted by molar-refractivity contribution is 6.48. The van der Waals surface area contributed by atoms with E-state index in [4.69, 9.17) is 57.2 Å². The summed E-state index contributed by atoms with van der Waals surface area (Å²) in [4.78, 5) is 0. The molecule has 0 aliphatic heterocycles. The number of benzene rings is 1. The molecule has 1 unspecified atom stereocenters. The first kappa shape index (κ1) is 14.4. The van der Waals surface area contributed by atoms with Gasteiger partial charge in [0.15, 0.2) is 0 Å². The van der Waals surface area contributed by atoms with Crippen LogP contribution in [0.5, 0.6) is 0 Å². The van der Waals surface area contributed by atoms with Gasteiger partial charge in [0.05, 0.1) is 20.1 Å². The minimum atomic E-state index is -0.107. The van der Waals surface area contributed by atoms with Gasteiger partial charge in [-0.1, -0.05) is 46.4 Å². The lowest BCUT2D eigenvalue weighted by Crippen LogP contribution is -2.20. The van der Waals surface area contributed by atoms with E-state index in [1.54, 1.807) is 0 Å². The molecule has 2 nitrogen and oxygen atoms in total. The van der Waals surface area contributed by atoms with Gasteiger partial charge in [-0.15, -0.1) is 0 Å². The van der Waals surface area contributed by atoms with Crippen molar-refractivity contribution in [3.05, 3.63) is 31.7 Å². The van der Waals surface area contributed by atoms with E-state index in [0.29, 0.717) is 38.6 Å². The maximum atomic E-state index is 9.08. The van der Waals surface area contributed by atoms with Crippen molar-refractivity contribution in [3.63, 3.8) is 0 Å². The number of nitrogens with two attached hydrogens (primary N) is 1. The van der Waals surface area contributed by atoms with Gasteiger partial charge >= 0.3 is 0 Å². The molecule has 0 bridgehead atoms. The third kappa shape index (κ3) is 3.16. The summed E-state index contributed by atoms with van der Waals surface area (Å²) in [5.41, 5.74) is 6.13. The molecule has 0 heterocycles. The monoisotopic (exact) mass is 301 g/mol. The number of aliphatic hydroxyl groups is 1. The molecular formula is C10H11Cl4NO. The summed E-state index contributed by atoms with van der Waals surface area (Å²) in [6.45, 7) is 0.306. The predicted octanol–water partition coefficient (Wildman–Crippen LogP) is 3.41. The Morgan fingerprint density at radius 2 is 1.62 bits per heavy atom. The van der Waals surface area contributed by atoms with Gasteiger partial charge in [0.1, 0.15) is 0 Å². The van der Waals surface area contributed by atoms with Gasteiger partial charge in [-0.05, 0) is 30.5 Å². The second-order valence-corrected chi connectivity index (χ2v) is 5.01. The fourth-order valence-electron chi connectivity index (χ4n) is 1.31. The Kier molecular flexibility index (Phi) is 5.65. The van der Waals surface area contributed by atoms with E-state index in [0.717, 1.165) is 0 Å². The van der Waals surface area contributed by atoms with Crippen molar-refractivity contribution in [1.29, 1.82) is 0 Å². The molecule has 16 heavy (non-hydrogen) atoms. The maximum Gasteiger partial charge on any atom is 0.0640 e. The van der Waals surface area contributed by atoms with Crippen molar-refractivity contribution in [3.8, 4) is 0 Å². The fraction of sp³-hybridized carbons (Fsp3) is 0.400. The molecular weight excluding hydrogens is 292 g/mol. The van der Waals surface area contributed by atoms with Crippen molar-refractivity contribution < 1.29 is 5.11 Å². The quantitative estimate of drug-likeness (QED) is 0.837. The van der Waals surface area contributed by atoms with Crippen molar-refractivity contribution in [2.45, 2.75) is 6.42 Å². The Bertz CT molecular complexity index is 353. The Labute approximate surface area is 114 Å². The van der Waals surface area contributed by atoms with Gasteiger partial charge < -0.3 is 10.8 Å². The van der Waals surface area contributed by atoms with Gasteiger partial charge in [0.25, 0.3) is 0 Å². The third-order valence-corrected chi connectivity index (χ3v) is 3.94. The number of hydrogen-bond acceptors (Lipinski definition) is 2. The Balaban J connectivity index is 3.11. The number of aliphatic hydroxyl groups excluding tert-OH is 1. The predicted molar refractivity (Wildman–Crippen MR) is 69.8 cm³/mol. The molecule has 0 saturated carbocycles. The van der Waals surface area contributed by atoms with Crippen molar-refractivity contribution in [1.82, 2.24) is 0 Å². The van der Waals surface area contributed by atoms with Crippen LogP contribution in [0, 0.1) is 5.92 Å². The lowest BCUT2D eigenvalue weighted by atomic mass is 10.00. The molecule has 0 radical (unpaired) electrons. The molecule has 1 atom stereocenters. The second-order valence-electron chi connectivity index (χ2n) is 3.44. The topological polar surface area (TPSA) is 46.2 Å². The lowest BCUT2D eigenvalue weighted by molar-refractivity contribution is 0.230. The lowest BCUT2D eigenvalue weighted by Gasteiger charge is -2.15. The van der Waals surface area contributed by atoms with Crippen LogP contribution < -0.4 is 5.73 Å². The average molecular weight is 303 g/mol. The first-order chi connectivity index (χ1) is 7.51. The van der Waals surface area contributed by atoms with Crippen LogP contribution >= 0.6 is 46.4 Å². The molecule has 1 aromatic rings. The molecule has 0 fully saturated rings. The SMILES string of the molecule is NCC(CO)Cc1c(Cl)c(Cl)cc(Cl)c1Cl. The maximum absolute atomic E-state index is 9.08. The van der Waals surface area contributed by atoms with Crippen LogP contribution in [0.25, 0.3) is 0 Å². The molecule has 0 amide bonds. The zero-order chi connectivity index (χ0) is 12.3. The highest BCUT2D eigenvalue weighted by atomic mass is 35.5. The van der Waals surface area contributed by atoms with E-state index < -0.39 is 0 Å². The molecule has 0 aliphatic carbocycles. The fourth-order valence-corrected chi connectivity index (χ4v) is 2.32. The van der Waals surface area contributed by atoms with Crippen molar-refractivity contribution in [2.75, 3.05) is 13.2 Å². The zero-order valence-electron chi connectivity index (χ0n) is 8.31. The Hall–Kier alpha value is 0.300. The average Bonchev–Trinajstić information content (AvgIpc) is 2.27. The number of hydrogen-bond donors (Lipinski definition) is 2. The van der Waals surface area contributed by atoms with Crippen LogP contribution in [0.2, 0.25) is 20.1 Å². The van der Waals surface area contributed by atoms with Crippen LogP contribution in [0.3, 0.4) is 0 Å². The van der Waals surface area contributed by atoms with E-state index in [1.165, 1.54) is 6.07 Å². The molecule has 0 spiro atoms. The van der Waals surface area contributed by atoms with E-state index in [-0.39, 0.29) is 12.5 Å². The number of rotatable bonds is 4. The van der Waals surface area contributed by atoms with E-state index in [1.807, 2.05) is 0 Å². The summed E-state index contributed by atoms with van der Waals surface area (Å²) >= 11 is 23.8. The Morgan fingerprint density at radius 3 is 2.00 bits per heavy atom. The van der Waals surface area contributed by atoms with Crippen LogP contribution in [0.1, 0.15) is 5.56 Å². The summed E-state index contributed by atoms with van der Waals surface area (Å²) in [7, 11) is 0. The molecule has 1 rings (SSSR count). The van der Waals surface area contributed by atoms with Crippen molar-refractivity contribution >= 4 is 46.4 Å². The van der Waals surface area contributed by atoms with E-state index in [9.17, 15) is 0 Å². The minimum Gasteiger partial charge on any atom is -0.396 e. The Morgan fingerprint density at radius 1 is 1.12 bits per heavy atom. The second kappa shape index (κ2) is 6.29. The van der Waals surface area contributed by atoms with Crippen LogP contribution in [-0.4, -0.2) is 18.3 Å². The van der Waals surface area contributed by atoms with Crippen molar-refractivity contribution in [2.24, 2.45) is 11.7 Å². The summed E-state index contributed by atoms with van der Waals surface area (Å²) in [5, 5.41) is 10.5. The molecule has 0 aromatic heterocycles. The molecule has 6 heteroatoms. The largest absolute Gasteiger partial charge is 0.396 e. The summed E-state index contributed by atoms with van der Waals surface area (Å²) in [6.07, 6.45) is 0.449. The van der Waals surface area contributed by atoms with Crippen LogP contribution in [-0.2, 0) is 6.42 Å². The first-order valence-electron chi connectivity index (χ1n) is 4.64. The minimum absolute atomic E-state index is 0.0344. The van der Waals surface area contributed by atoms with Crippen LogP contribution in [0.15, 0.2) is 6.07 Å². The highest BCUT2D eigenvalue weighted by Gasteiger charge is 2.17. The molecule has 90 valence electrons. The van der Waals surface area contributed by atoms with E-state index >= 15 is 0 Å². The van der Waals surface area contributed by atoms with Gasteiger partial charge in [-0.3, -0.25) is 0 Å². The normalized spacial score (nSPS) is 12.9. The van der Waals surface area contributed by atoms with Gasteiger partial charge in [0, 0.05) is 6.61 Å². The third-order valence-electron chi connectivity index (χ3n) is 2.29. The summed E-state index contributed by atoms with van der Waals surface area (Å²) < 4.78 is 0. The summed E-state index contributed by atoms with van der Waals surface area (Å²) in [5.74, 6) is -0.107.